The number of fused-ring (bicyclic) bond motifs is 1. The van der Waals surface area contributed by atoms with E-state index in [1.165, 1.54) is 18.3 Å². The molecule has 23 heavy (non-hydrogen) atoms. The predicted molar refractivity (Wildman–Crippen MR) is 86.5 cm³/mol. The highest BCUT2D eigenvalue weighted by molar-refractivity contribution is 7.80. The largest absolute Gasteiger partial charge is 0.454 e. The van der Waals surface area contributed by atoms with Gasteiger partial charge in [-0.05, 0) is 36.0 Å². The molecule has 0 saturated heterocycles. The first kappa shape index (κ1) is 15.0. The normalized spacial score (nSPS) is 11.8. The molecule has 1 aromatic carbocycles. The summed E-state index contributed by atoms with van der Waals surface area (Å²) in [5, 5.41) is 16.8. The molecule has 2 N–H and O–H groups in total. The number of nitrogens with zero attached hydrogens (tertiary/aromatic N) is 2. The van der Waals surface area contributed by atoms with Gasteiger partial charge in [-0.25, -0.2) is 4.98 Å². The van der Waals surface area contributed by atoms with Gasteiger partial charge in [-0.3, -0.25) is 10.1 Å². The average molecular weight is 332 g/mol. The number of nitrogens with one attached hydrogen (secondary N) is 2. The molecule has 2 heterocycles. The van der Waals surface area contributed by atoms with Crippen molar-refractivity contribution in [3.05, 3.63) is 52.2 Å². The van der Waals surface area contributed by atoms with Crippen molar-refractivity contribution in [2.45, 2.75) is 6.54 Å². The molecule has 118 valence electrons. The first-order valence-electron chi connectivity index (χ1n) is 6.65. The van der Waals surface area contributed by atoms with Crippen LogP contribution in [0.1, 0.15) is 5.56 Å². The van der Waals surface area contributed by atoms with Crippen LogP contribution in [0.15, 0.2) is 36.5 Å². The maximum Gasteiger partial charge on any atom is 0.287 e. The molecule has 1 aromatic heterocycles. The second kappa shape index (κ2) is 6.44. The Bertz CT molecular complexity index is 751. The lowest BCUT2D eigenvalue weighted by Crippen LogP contribution is -2.28. The molecule has 0 spiro atoms. The highest BCUT2D eigenvalue weighted by Crippen LogP contribution is 2.32. The summed E-state index contributed by atoms with van der Waals surface area (Å²) in [6.07, 6.45) is 1.17. The molecule has 0 radical (unpaired) electrons. The lowest BCUT2D eigenvalue weighted by molar-refractivity contribution is -0.385. The van der Waals surface area contributed by atoms with Crippen LogP contribution in [0.25, 0.3) is 0 Å². The molecule has 0 bridgehead atoms. The van der Waals surface area contributed by atoms with E-state index in [0.29, 0.717) is 23.2 Å². The van der Waals surface area contributed by atoms with Crippen LogP contribution in [0, 0.1) is 10.1 Å². The van der Waals surface area contributed by atoms with Crippen molar-refractivity contribution >= 4 is 28.8 Å². The molecule has 0 saturated carbocycles. The van der Waals surface area contributed by atoms with Gasteiger partial charge in [0.05, 0.1) is 4.92 Å². The highest BCUT2D eigenvalue weighted by atomic mass is 32.1. The van der Waals surface area contributed by atoms with Crippen LogP contribution in [0.5, 0.6) is 11.5 Å². The van der Waals surface area contributed by atoms with Gasteiger partial charge in [-0.1, -0.05) is 6.07 Å². The molecule has 0 aliphatic carbocycles. The number of pyridine rings is 1. The number of benzene rings is 1. The van der Waals surface area contributed by atoms with Gasteiger partial charge in [-0.2, -0.15) is 0 Å². The second-order valence-corrected chi connectivity index (χ2v) is 5.06. The molecule has 9 heteroatoms. The van der Waals surface area contributed by atoms with E-state index in [4.69, 9.17) is 21.7 Å². The van der Waals surface area contributed by atoms with Crippen LogP contribution >= 0.6 is 12.2 Å². The number of nitro groups is 1. The van der Waals surface area contributed by atoms with Gasteiger partial charge in [-0.15, -0.1) is 0 Å². The van der Waals surface area contributed by atoms with E-state index < -0.39 is 4.92 Å². The summed E-state index contributed by atoms with van der Waals surface area (Å²) in [7, 11) is 0. The number of thiocarbonyl (C=S) groups is 1. The first-order valence-corrected chi connectivity index (χ1v) is 7.06. The average Bonchev–Trinajstić information content (AvgIpc) is 3.01. The van der Waals surface area contributed by atoms with Crippen molar-refractivity contribution in [2.24, 2.45) is 0 Å². The number of rotatable bonds is 4. The van der Waals surface area contributed by atoms with Crippen molar-refractivity contribution in [1.82, 2.24) is 10.3 Å². The number of aromatic nitrogens is 1. The Morgan fingerprint density at radius 1 is 1.30 bits per heavy atom. The summed E-state index contributed by atoms with van der Waals surface area (Å²) in [5.74, 6) is 1.86. The van der Waals surface area contributed by atoms with Crippen LogP contribution in [0.4, 0.5) is 11.5 Å². The lowest BCUT2D eigenvalue weighted by Gasteiger charge is -2.10. The predicted octanol–water partition coefficient (Wildman–Crippen LogP) is 2.21. The first-order chi connectivity index (χ1) is 11.1. The van der Waals surface area contributed by atoms with E-state index in [9.17, 15) is 10.1 Å². The molecular formula is C14H12N4O4S. The quantitative estimate of drug-likeness (QED) is 0.499. The molecule has 1 aliphatic rings. The standard InChI is InChI=1S/C14H12N4O4S/c19-18(20)10-2-4-13(15-7-10)17-14(23)16-6-9-1-3-11-12(5-9)22-8-21-11/h1-5,7H,6,8H2,(H2,15,16,17,23). The van der Waals surface area contributed by atoms with Crippen molar-refractivity contribution in [1.29, 1.82) is 0 Å². The Kier molecular flexibility index (Phi) is 4.20. The van der Waals surface area contributed by atoms with Gasteiger partial charge in [0.1, 0.15) is 12.0 Å². The third kappa shape index (κ3) is 3.64. The summed E-state index contributed by atoms with van der Waals surface area (Å²) in [5.41, 5.74) is 0.907. The zero-order valence-electron chi connectivity index (χ0n) is 11.8. The van der Waals surface area contributed by atoms with Crippen LogP contribution in [-0.2, 0) is 6.54 Å². The molecule has 2 aromatic rings. The second-order valence-electron chi connectivity index (χ2n) is 4.65. The van der Waals surface area contributed by atoms with Crippen molar-refractivity contribution < 1.29 is 14.4 Å². The fraction of sp³-hybridized carbons (Fsp3) is 0.143. The van der Waals surface area contributed by atoms with Crippen LogP contribution in [-0.4, -0.2) is 21.8 Å². The fourth-order valence-corrected chi connectivity index (χ4v) is 2.14. The maximum absolute atomic E-state index is 10.6. The Morgan fingerprint density at radius 3 is 2.87 bits per heavy atom. The van der Waals surface area contributed by atoms with Crippen LogP contribution < -0.4 is 20.1 Å². The molecule has 1 aliphatic heterocycles. The Morgan fingerprint density at radius 2 is 2.13 bits per heavy atom. The molecule has 8 nitrogen and oxygen atoms in total. The van der Waals surface area contributed by atoms with E-state index in [2.05, 4.69) is 15.6 Å². The van der Waals surface area contributed by atoms with Gasteiger partial charge in [0.2, 0.25) is 6.79 Å². The van der Waals surface area contributed by atoms with Crippen LogP contribution in [0.2, 0.25) is 0 Å². The number of hydrogen-bond acceptors (Lipinski definition) is 6. The molecule has 0 amide bonds. The topological polar surface area (TPSA) is 98.6 Å². The van der Waals surface area contributed by atoms with Crippen molar-refractivity contribution in [3.63, 3.8) is 0 Å². The summed E-state index contributed by atoms with van der Waals surface area (Å²) in [6, 6.07) is 8.48. The van der Waals surface area contributed by atoms with E-state index >= 15 is 0 Å². The third-order valence-electron chi connectivity index (χ3n) is 3.09. The minimum absolute atomic E-state index is 0.0743. The maximum atomic E-state index is 10.6. The van der Waals surface area contributed by atoms with E-state index in [-0.39, 0.29) is 12.5 Å². The van der Waals surface area contributed by atoms with Gasteiger partial charge >= 0.3 is 0 Å². The van der Waals surface area contributed by atoms with Gasteiger partial charge in [0, 0.05) is 12.6 Å². The lowest BCUT2D eigenvalue weighted by atomic mass is 10.2. The number of ether oxygens (including phenoxy) is 2. The summed E-state index contributed by atoms with van der Waals surface area (Å²) >= 11 is 5.17. The van der Waals surface area contributed by atoms with Gasteiger partial charge in [0.25, 0.3) is 5.69 Å². The Balaban J connectivity index is 1.54. The minimum Gasteiger partial charge on any atom is -0.454 e. The smallest absolute Gasteiger partial charge is 0.287 e. The number of anilines is 1. The Labute approximate surface area is 136 Å². The van der Waals surface area contributed by atoms with Gasteiger partial charge in [0.15, 0.2) is 16.6 Å². The molecule has 0 atom stereocenters. The SMILES string of the molecule is O=[N+]([O-])c1ccc(NC(=S)NCc2ccc3c(c2)OCO3)nc1. The molecule has 0 unspecified atom stereocenters. The summed E-state index contributed by atoms with van der Waals surface area (Å²) in [4.78, 5) is 14.0. The number of hydrogen-bond donors (Lipinski definition) is 2. The highest BCUT2D eigenvalue weighted by Gasteiger charge is 2.13. The molecular weight excluding hydrogens is 320 g/mol. The zero-order valence-corrected chi connectivity index (χ0v) is 12.6. The fourth-order valence-electron chi connectivity index (χ4n) is 1.96. The summed E-state index contributed by atoms with van der Waals surface area (Å²) in [6.45, 7) is 0.730. The summed E-state index contributed by atoms with van der Waals surface area (Å²) < 4.78 is 10.6. The van der Waals surface area contributed by atoms with Crippen molar-refractivity contribution in [3.8, 4) is 11.5 Å². The third-order valence-corrected chi connectivity index (χ3v) is 3.34. The van der Waals surface area contributed by atoms with Crippen LogP contribution in [0.3, 0.4) is 0 Å². The minimum atomic E-state index is -0.507. The van der Waals surface area contributed by atoms with E-state index in [1.54, 1.807) is 0 Å². The zero-order chi connectivity index (χ0) is 16.2. The Hall–Kier alpha value is -2.94. The molecule has 0 fully saturated rings. The van der Waals surface area contributed by atoms with Gasteiger partial charge < -0.3 is 20.1 Å². The van der Waals surface area contributed by atoms with E-state index in [1.807, 2.05) is 18.2 Å². The van der Waals surface area contributed by atoms with Crippen molar-refractivity contribution in [2.75, 3.05) is 12.1 Å². The monoisotopic (exact) mass is 332 g/mol. The molecule has 3 rings (SSSR count). The van der Waals surface area contributed by atoms with E-state index in [0.717, 1.165) is 11.3 Å².